The van der Waals surface area contributed by atoms with Crippen LogP contribution in [-0.2, 0) is 54.4 Å². The van der Waals surface area contributed by atoms with Gasteiger partial charge in [0.15, 0.2) is 0 Å². The second kappa shape index (κ2) is 30.1. The summed E-state index contributed by atoms with van der Waals surface area (Å²) in [4.78, 5) is 132. The molecule has 0 radical (unpaired) electrons. The van der Waals surface area contributed by atoms with Crippen LogP contribution in [0, 0.1) is 5.92 Å². The molecular formula is C51H64ClN7O13S. The fraction of sp³-hybridized carbons (Fsp3) is 0.451. The summed E-state index contributed by atoms with van der Waals surface area (Å²) < 4.78 is 0. The molecule has 3 aromatic carbocycles. The van der Waals surface area contributed by atoms with Gasteiger partial charge in [0.05, 0.1) is 6.42 Å². The molecule has 0 aliphatic heterocycles. The highest BCUT2D eigenvalue weighted by atomic mass is 35.5. The van der Waals surface area contributed by atoms with Crippen molar-refractivity contribution in [1.82, 2.24) is 37.2 Å². The van der Waals surface area contributed by atoms with Gasteiger partial charge in [-0.25, -0.2) is 0 Å². The highest BCUT2D eigenvalue weighted by molar-refractivity contribution is 7.80. The Balaban J connectivity index is 1.69. The molecule has 73 heavy (non-hydrogen) atoms. The zero-order valence-corrected chi connectivity index (χ0v) is 42.0. The van der Waals surface area contributed by atoms with Crippen molar-refractivity contribution in [3.05, 3.63) is 107 Å². The van der Waals surface area contributed by atoms with Gasteiger partial charge in [-0.15, -0.1) is 0 Å². The van der Waals surface area contributed by atoms with Gasteiger partial charge in [0.25, 0.3) is 0 Å². The minimum atomic E-state index is -1.73. The van der Waals surface area contributed by atoms with Crippen molar-refractivity contribution < 1.29 is 63.3 Å². The van der Waals surface area contributed by atoms with E-state index >= 15 is 0 Å². The van der Waals surface area contributed by atoms with Crippen molar-refractivity contribution >= 4 is 83.5 Å². The molecular weight excluding hydrogens is 986 g/mol. The van der Waals surface area contributed by atoms with Crippen LogP contribution in [0.25, 0.3) is 0 Å². The smallest absolute Gasteiger partial charge is 0.305 e. The van der Waals surface area contributed by atoms with Crippen LogP contribution in [0.5, 0.6) is 0 Å². The van der Waals surface area contributed by atoms with Gasteiger partial charge in [-0.3, -0.25) is 47.9 Å². The van der Waals surface area contributed by atoms with E-state index in [0.717, 1.165) is 44.6 Å². The van der Waals surface area contributed by atoms with Gasteiger partial charge in [0, 0.05) is 43.0 Å². The highest BCUT2D eigenvalue weighted by Crippen LogP contribution is 2.30. The molecule has 7 amide bonds. The zero-order chi connectivity index (χ0) is 53.5. The quantitative estimate of drug-likeness (QED) is 0.0447. The van der Waals surface area contributed by atoms with Gasteiger partial charge in [0.1, 0.15) is 36.3 Å². The number of rotatable bonds is 29. The van der Waals surface area contributed by atoms with E-state index in [1.54, 1.807) is 72.8 Å². The van der Waals surface area contributed by atoms with Crippen LogP contribution in [0.2, 0.25) is 5.02 Å². The molecule has 0 unspecified atom stereocenters. The number of hydrogen-bond donors (Lipinski definition) is 11. The lowest BCUT2D eigenvalue weighted by Gasteiger charge is -2.32. The van der Waals surface area contributed by atoms with E-state index in [9.17, 15) is 63.3 Å². The van der Waals surface area contributed by atoms with Gasteiger partial charge < -0.3 is 52.5 Å². The number of thiol groups is 1. The Labute approximate surface area is 433 Å². The van der Waals surface area contributed by atoms with Crippen LogP contribution in [0.15, 0.2) is 84.9 Å². The highest BCUT2D eigenvalue weighted by Gasteiger charge is 2.39. The van der Waals surface area contributed by atoms with Gasteiger partial charge in [-0.2, -0.15) is 12.6 Å². The molecule has 0 spiro atoms. The van der Waals surface area contributed by atoms with Crippen molar-refractivity contribution in [3.63, 3.8) is 0 Å². The molecule has 394 valence electrons. The molecule has 1 fully saturated rings. The summed E-state index contributed by atoms with van der Waals surface area (Å²) in [5.74, 6) is -11.6. The predicted molar refractivity (Wildman–Crippen MR) is 271 cm³/mol. The third-order valence-corrected chi connectivity index (χ3v) is 12.8. The summed E-state index contributed by atoms with van der Waals surface area (Å²) in [6, 6.07) is 14.7. The minimum absolute atomic E-state index is 0.0103. The molecule has 6 atom stereocenters. The Morgan fingerprint density at radius 1 is 0.562 bits per heavy atom. The maximum Gasteiger partial charge on any atom is 0.305 e. The molecule has 20 nitrogen and oxygen atoms in total. The molecule has 0 bridgehead atoms. The van der Waals surface area contributed by atoms with Gasteiger partial charge >= 0.3 is 17.9 Å². The number of nitrogens with one attached hydrogen (secondary N) is 7. The summed E-state index contributed by atoms with van der Waals surface area (Å²) in [7, 11) is 0. The summed E-state index contributed by atoms with van der Waals surface area (Å²) in [6.45, 7) is 1.27. The second-order valence-corrected chi connectivity index (χ2v) is 18.6. The number of hydrogen-bond acceptors (Lipinski definition) is 11. The third-order valence-electron chi connectivity index (χ3n) is 12.2. The van der Waals surface area contributed by atoms with Crippen LogP contribution in [0.3, 0.4) is 0 Å². The Morgan fingerprint density at radius 2 is 1.04 bits per heavy atom. The molecule has 10 N–H and O–H groups in total. The predicted octanol–water partition coefficient (Wildman–Crippen LogP) is 2.86. The molecule has 1 saturated carbocycles. The number of carboxylic acid groups (broad SMARTS) is 3. The Bertz CT molecular complexity index is 2320. The Morgan fingerprint density at radius 3 is 1.55 bits per heavy atom. The third kappa shape index (κ3) is 20.2. The van der Waals surface area contributed by atoms with E-state index in [1.165, 1.54) is 0 Å². The maximum absolute atomic E-state index is 15.0. The number of amides is 7. The normalized spacial score (nSPS) is 14.9. The molecule has 1 aliphatic rings. The van der Waals surface area contributed by atoms with Crippen molar-refractivity contribution in [2.24, 2.45) is 5.92 Å². The largest absolute Gasteiger partial charge is 0.481 e. The van der Waals surface area contributed by atoms with Crippen molar-refractivity contribution in [3.8, 4) is 0 Å². The Hall–Kier alpha value is -7.00. The zero-order valence-electron chi connectivity index (χ0n) is 40.4. The van der Waals surface area contributed by atoms with E-state index in [0.29, 0.717) is 22.6 Å². The fourth-order valence-electron chi connectivity index (χ4n) is 8.52. The number of aliphatic carboxylic acids is 3. The van der Waals surface area contributed by atoms with Crippen LogP contribution in [0.4, 0.5) is 0 Å². The minimum Gasteiger partial charge on any atom is -0.481 e. The van der Waals surface area contributed by atoms with Crippen molar-refractivity contribution in [2.45, 2.75) is 126 Å². The number of carbonyl (C=O) groups is 10. The topological polar surface area (TPSA) is 316 Å². The van der Waals surface area contributed by atoms with E-state index in [1.807, 2.05) is 12.1 Å². The van der Waals surface area contributed by atoms with Gasteiger partial charge in [0.2, 0.25) is 41.4 Å². The first-order chi connectivity index (χ1) is 34.8. The summed E-state index contributed by atoms with van der Waals surface area (Å²) in [5, 5.41) is 47.4. The average molecular weight is 1050 g/mol. The van der Waals surface area contributed by atoms with Crippen LogP contribution in [-0.4, -0.2) is 123 Å². The molecule has 0 saturated heterocycles. The molecule has 4 rings (SSSR count). The lowest BCUT2D eigenvalue weighted by molar-refractivity contribution is -0.141. The lowest BCUT2D eigenvalue weighted by Crippen LogP contribution is -2.61. The molecule has 0 aromatic heterocycles. The first-order valence-corrected chi connectivity index (χ1v) is 25.0. The standard InChI is InChI=1S/C51H64ClN7O13S/c1-30(60)54-39(28-43(65)66)50(71)55-37(22-24-42(63)64)48(69)59-45(44(33-13-7-3-8-14-33)34-15-9-4-10-16-34)51(72)56-36(21-23-41(61)62)47(68)57-38(27-32-11-5-2-6-12-32)49(70)58-40(29-73)46(67)53-26-25-31-17-19-35(52)20-18-31/h3-4,7-10,13-20,32,36-40,44-45,73H,2,5-6,11-12,21-29H2,1H3,(H,53,67)(H,54,60)(H,55,71)(H,56,72)(H,57,68)(H,58,70)(H,59,69)(H,61,62)(H,63,64)(H,65,66)/t36-,37-,38-,39-,40-,45-/m0/s1. The SMILES string of the molecule is CC(=O)N[C@@H](CC(=O)O)C(=O)N[C@@H](CCC(=O)O)C(=O)N[C@H](C(=O)N[C@@H](CCC(=O)O)C(=O)N[C@@H](CC1CCCCC1)C(=O)N[C@@H](CS)C(=O)NCCc1ccc(Cl)cc1)C(c1ccccc1)c1ccccc1. The van der Waals surface area contributed by atoms with Gasteiger partial charge in [-0.05, 0) is 60.4 Å². The second-order valence-electron chi connectivity index (χ2n) is 17.8. The first kappa shape index (κ1) is 58.6. The number of halogens is 1. The molecule has 22 heteroatoms. The first-order valence-electron chi connectivity index (χ1n) is 24.0. The molecule has 3 aromatic rings. The number of carbonyl (C=O) groups excluding carboxylic acids is 7. The molecule has 1 aliphatic carbocycles. The summed E-state index contributed by atoms with van der Waals surface area (Å²) in [5.41, 5.74) is 1.85. The van der Waals surface area contributed by atoms with E-state index in [-0.39, 0.29) is 24.6 Å². The number of benzene rings is 3. The van der Waals surface area contributed by atoms with E-state index in [4.69, 9.17) is 11.6 Å². The lowest BCUT2D eigenvalue weighted by atomic mass is 9.84. The number of carboxylic acids is 3. The Kier molecular flexibility index (Phi) is 24.2. The molecule has 0 heterocycles. The van der Waals surface area contributed by atoms with Crippen LogP contribution >= 0.6 is 24.2 Å². The summed E-state index contributed by atoms with van der Waals surface area (Å²) in [6.07, 6.45) is 1.61. The van der Waals surface area contributed by atoms with E-state index in [2.05, 4.69) is 49.8 Å². The van der Waals surface area contributed by atoms with Crippen molar-refractivity contribution in [2.75, 3.05) is 12.3 Å². The van der Waals surface area contributed by atoms with Crippen LogP contribution < -0.4 is 37.2 Å². The summed E-state index contributed by atoms with van der Waals surface area (Å²) >= 11 is 10.3. The van der Waals surface area contributed by atoms with Gasteiger partial charge in [-0.1, -0.05) is 117 Å². The monoisotopic (exact) mass is 1050 g/mol. The fourth-order valence-corrected chi connectivity index (χ4v) is 8.90. The maximum atomic E-state index is 15.0. The van der Waals surface area contributed by atoms with Crippen molar-refractivity contribution in [1.29, 1.82) is 0 Å². The van der Waals surface area contributed by atoms with Crippen LogP contribution in [0.1, 0.15) is 100 Å². The average Bonchev–Trinajstić information content (AvgIpc) is 3.35. The van der Waals surface area contributed by atoms with E-state index < -0.39 is 134 Å².